The van der Waals surface area contributed by atoms with Gasteiger partial charge in [-0.2, -0.15) is 5.26 Å². The lowest BCUT2D eigenvalue weighted by atomic mass is 9.97. The zero-order valence-corrected chi connectivity index (χ0v) is 11.3. The van der Waals surface area contributed by atoms with Gasteiger partial charge in [-0.15, -0.1) is 0 Å². The average Bonchev–Trinajstić information content (AvgIpc) is 2.98. The average molecular weight is 277 g/mol. The largest absolute Gasteiger partial charge is 0.288 e. The van der Waals surface area contributed by atoms with Gasteiger partial charge in [-0.05, 0) is 12.5 Å². The molecule has 5 heteroatoms. The van der Waals surface area contributed by atoms with Crippen LogP contribution in [0.1, 0.15) is 27.0 Å². The molecule has 1 aliphatic heterocycles. The van der Waals surface area contributed by atoms with Crippen LogP contribution < -0.4 is 5.56 Å². The normalized spacial score (nSPS) is 12.0. The van der Waals surface area contributed by atoms with Crippen LogP contribution in [0.15, 0.2) is 40.1 Å². The van der Waals surface area contributed by atoms with E-state index in [4.69, 9.17) is 0 Å². The number of ketones is 1. The van der Waals surface area contributed by atoms with Crippen LogP contribution in [0.2, 0.25) is 0 Å². The second-order valence-electron chi connectivity index (χ2n) is 4.73. The Bertz CT molecular complexity index is 871. The van der Waals surface area contributed by atoms with E-state index < -0.39 is 5.56 Å². The number of pyridine rings is 1. The van der Waals surface area contributed by atoms with Crippen molar-refractivity contribution in [1.29, 1.82) is 5.26 Å². The molecule has 3 rings (SSSR count). The van der Waals surface area contributed by atoms with Crippen LogP contribution in [-0.4, -0.2) is 16.6 Å². The topological polar surface area (TPSA) is 75.2 Å². The molecule has 102 valence electrons. The molecular weight excluding hydrogens is 266 g/mol. The summed E-state index contributed by atoms with van der Waals surface area (Å²) in [5, 5.41) is 9.19. The second-order valence-corrected chi connectivity index (χ2v) is 4.73. The Morgan fingerprint density at radius 3 is 2.71 bits per heavy atom. The van der Waals surface area contributed by atoms with Crippen LogP contribution in [0, 0.1) is 18.3 Å². The number of carbonyl (C=O) groups excluding carboxylic acids is 1. The minimum atomic E-state index is -0.396. The highest BCUT2D eigenvalue weighted by Gasteiger charge is 2.25. The van der Waals surface area contributed by atoms with Gasteiger partial charge in [0, 0.05) is 11.8 Å². The van der Waals surface area contributed by atoms with E-state index in [1.807, 2.05) is 12.1 Å². The summed E-state index contributed by atoms with van der Waals surface area (Å²) in [6, 6.07) is 10.7. The summed E-state index contributed by atoms with van der Waals surface area (Å²) < 4.78 is 1.36. The van der Waals surface area contributed by atoms with Crippen molar-refractivity contribution in [1.82, 2.24) is 4.57 Å². The number of carbonyl (C=O) groups is 1. The number of rotatable bonds is 2. The van der Waals surface area contributed by atoms with Crippen molar-refractivity contribution in [3.8, 4) is 6.07 Å². The van der Waals surface area contributed by atoms with Crippen molar-refractivity contribution in [2.75, 3.05) is 0 Å². The monoisotopic (exact) mass is 277 g/mol. The third-order valence-electron chi connectivity index (χ3n) is 3.54. The molecule has 0 amide bonds. The van der Waals surface area contributed by atoms with Crippen LogP contribution in [0.25, 0.3) is 0 Å². The number of aliphatic imine (C=N–C) groups is 1. The molecule has 0 spiro atoms. The van der Waals surface area contributed by atoms with Crippen LogP contribution in [0.3, 0.4) is 0 Å². The molecule has 0 saturated carbocycles. The first-order chi connectivity index (χ1) is 10.1. The lowest BCUT2D eigenvalue weighted by Crippen LogP contribution is -2.25. The van der Waals surface area contributed by atoms with Gasteiger partial charge in [0.1, 0.15) is 17.5 Å². The fraction of sp³-hybridized carbons (Fsp3) is 0.125. The van der Waals surface area contributed by atoms with E-state index in [0.29, 0.717) is 22.5 Å². The van der Waals surface area contributed by atoms with Crippen molar-refractivity contribution in [3.63, 3.8) is 0 Å². The second kappa shape index (κ2) is 4.84. The molecule has 2 aromatic rings. The Balaban J connectivity index is 2.32. The van der Waals surface area contributed by atoms with Crippen LogP contribution in [0.4, 0.5) is 5.82 Å². The zero-order valence-electron chi connectivity index (χ0n) is 11.3. The van der Waals surface area contributed by atoms with Crippen molar-refractivity contribution >= 4 is 17.8 Å². The number of aromatic nitrogens is 1. The number of benzene rings is 1. The Morgan fingerprint density at radius 1 is 1.33 bits per heavy atom. The van der Waals surface area contributed by atoms with Gasteiger partial charge in [0.2, 0.25) is 0 Å². The van der Waals surface area contributed by atoms with E-state index in [9.17, 15) is 14.9 Å². The summed E-state index contributed by atoms with van der Waals surface area (Å²) in [4.78, 5) is 29.0. The molecule has 5 nitrogen and oxygen atoms in total. The lowest BCUT2D eigenvalue weighted by molar-refractivity contribution is 0.103. The van der Waals surface area contributed by atoms with Gasteiger partial charge in [-0.25, -0.2) is 4.99 Å². The number of nitriles is 1. The summed E-state index contributed by atoms with van der Waals surface area (Å²) in [5.74, 6) is 0.109. The molecule has 0 unspecified atom stereocenters. The van der Waals surface area contributed by atoms with Gasteiger partial charge in [-0.3, -0.25) is 14.2 Å². The third kappa shape index (κ3) is 1.89. The number of fused-ring (bicyclic) bond motifs is 1. The Kier molecular flexibility index (Phi) is 2.99. The summed E-state index contributed by atoms with van der Waals surface area (Å²) in [6.07, 6.45) is 1.57. The molecule has 0 N–H and O–H groups in total. The zero-order chi connectivity index (χ0) is 15.0. The number of nitrogens with zero attached hydrogens (tertiary/aromatic N) is 3. The van der Waals surface area contributed by atoms with E-state index in [1.165, 1.54) is 4.57 Å². The lowest BCUT2D eigenvalue weighted by Gasteiger charge is -2.12. The molecule has 21 heavy (non-hydrogen) atoms. The van der Waals surface area contributed by atoms with Gasteiger partial charge in [0.25, 0.3) is 5.56 Å². The quantitative estimate of drug-likeness (QED) is 0.787. The van der Waals surface area contributed by atoms with Crippen molar-refractivity contribution < 1.29 is 4.79 Å². The third-order valence-corrected chi connectivity index (χ3v) is 3.54. The van der Waals surface area contributed by atoms with E-state index in [-0.39, 0.29) is 17.9 Å². The predicted molar refractivity (Wildman–Crippen MR) is 78.2 cm³/mol. The molecular formula is C16H11N3O2. The molecule has 0 radical (unpaired) electrons. The maximum atomic E-state index is 12.7. The number of hydrogen-bond acceptors (Lipinski definition) is 4. The van der Waals surface area contributed by atoms with Crippen molar-refractivity contribution in [2.24, 2.45) is 4.99 Å². The van der Waals surface area contributed by atoms with Crippen molar-refractivity contribution in [3.05, 3.63) is 62.9 Å². The Labute approximate surface area is 120 Å². The van der Waals surface area contributed by atoms with E-state index in [2.05, 4.69) is 4.99 Å². The first kappa shape index (κ1) is 13.0. The summed E-state index contributed by atoms with van der Waals surface area (Å²) in [5.41, 5.74) is 0.830. The van der Waals surface area contributed by atoms with E-state index >= 15 is 0 Å². The summed E-state index contributed by atoms with van der Waals surface area (Å²) in [6.45, 7) is 1.91. The highest BCUT2D eigenvalue weighted by molar-refractivity contribution is 6.13. The van der Waals surface area contributed by atoms with E-state index in [1.54, 1.807) is 37.4 Å². The molecule has 1 aromatic heterocycles. The van der Waals surface area contributed by atoms with Crippen LogP contribution in [0.5, 0.6) is 0 Å². The predicted octanol–water partition coefficient (Wildman–Crippen LogP) is 1.98. The molecule has 0 atom stereocenters. The first-order valence-corrected chi connectivity index (χ1v) is 6.45. The summed E-state index contributed by atoms with van der Waals surface area (Å²) in [7, 11) is 0. The molecule has 1 aromatic carbocycles. The standard InChI is InChI=1S/C16H11N3O2/c1-10-12(9-17)16(21)19-8-7-18-15(19)13(10)14(20)11-5-3-2-4-6-11/h2-7H,8H2,1H3. The molecule has 0 fully saturated rings. The Morgan fingerprint density at radius 2 is 2.05 bits per heavy atom. The molecule has 0 aliphatic carbocycles. The smallest absolute Gasteiger partial charge is 0.270 e. The highest BCUT2D eigenvalue weighted by Crippen LogP contribution is 2.27. The maximum Gasteiger partial charge on any atom is 0.270 e. The Hall–Kier alpha value is -3.00. The van der Waals surface area contributed by atoms with Crippen LogP contribution in [-0.2, 0) is 6.54 Å². The fourth-order valence-corrected chi connectivity index (χ4v) is 2.47. The van der Waals surface area contributed by atoms with E-state index in [0.717, 1.165) is 0 Å². The molecule has 0 bridgehead atoms. The maximum absolute atomic E-state index is 12.7. The van der Waals surface area contributed by atoms with Gasteiger partial charge in [0.15, 0.2) is 5.78 Å². The molecule has 1 aliphatic rings. The minimum Gasteiger partial charge on any atom is -0.288 e. The fourth-order valence-electron chi connectivity index (χ4n) is 2.47. The van der Waals surface area contributed by atoms with Gasteiger partial charge in [0.05, 0.1) is 12.1 Å². The highest BCUT2D eigenvalue weighted by atomic mass is 16.1. The summed E-state index contributed by atoms with van der Waals surface area (Å²) >= 11 is 0. The van der Waals surface area contributed by atoms with Gasteiger partial charge in [-0.1, -0.05) is 30.3 Å². The minimum absolute atomic E-state index is 0.00327. The van der Waals surface area contributed by atoms with Crippen LogP contribution >= 0.6 is 0 Å². The van der Waals surface area contributed by atoms with Crippen molar-refractivity contribution in [2.45, 2.75) is 13.5 Å². The molecule has 0 saturated heterocycles. The number of hydrogen-bond donors (Lipinski definition) is 0. The SMILES string of the molecule is Cc1c(C(=O)c2ccccc2)c2n(c(=O)c1C#N)CC=N2. The first-order valence-electron chi connectivity index (χ1n) is 6.45. The molecule has 2 heterocycles. The van der Waals surface area contributed by atoms with Gasteiger partial charge < -0.3 is 0 Å². The van der Waals surface area contributed by atoms with Gasteiger partial charge >= 0.3 is 0 Å².